The van der Waals surface area contributed by atoms with Gasteiger partial charge in [0.05, 0.1) is 11.3 Å². The molecule has 0 aliphatic rings. The van der Waals surface area contributed by atoms with E-state index in [1.165, 1.54) is 18.2 Å². The molecular formula is C15H15NO3. The Morgan fingerprint density at radius 1 is 1.16 bits per heavy atom. The highest BCUT2D eigenvalue weighted by atomic mass is 16.5. The van der Waals surface area contributed by atoms with Crippen molar-refractivity contribution in [1.82, 2.24) is 0 Å². The molecule has 2 aromatic carbocycles. The zero-order valence-electron chi connectivity index (χ0n) is 10.8. The molecule has 3 N–H and O–H groups in total. The van der Waals surface area contributed by atoms with Crippen LogP contribution in [-0.2, 0) is 0 Å². The van der Waals surface area contributed by atoms with Crippen LogP contribution in [0.25, 0.3) is 0 Å². The Morgan fingerprint density at radius 2 is 1.79 bits per heavy atom. The van der Waals surface area contributed by atoms with Gasteiger partial charge < -0.3 is 15.6 Å². The number of carboxylic acids is 1. The van der Waals surface area contributed by atoms with E-state index < -0.39 is 5.97 Å². The predicted molar refractivity (Wildman–Crippen MR) is 73.8 cm³/mol. The number of nitrogens with two attached hydrogens (primary N) is 1. The van der Waals surface area contributed by atoms with Gasteiger partial charge >= 0.3 is 5.97 Å². The summed E-state index contributed by atoms with van der Waals surface area (Å²) in [5.41, 5.74) is 8.32. The molecule has 0 heterocycles. The number of rotatable bonds is 3. The van der Waals surface area contributed by atoms with Crippen LogP contribution in [0.3, 0.4) is 0 Å². The summed E-state index contributed by atoms with van der Waals surface area (Å²) in [4.78, 5) is 11.0. The van der Waals surface area contributed by atoms with Crippen LogP contribution in [0.15, 0.2) is 36.4 Å². The van der Waals surface area contributed by atoms with Crippen molar-refractivity contribution in [2.45, 2.75) is 13.8 Å². The number of aryl methyl sites for hydroxylation is 2. The van der Waals surface area contributed by atoms with E-state index in [1.807, 2.05) is 32.0 Å². The van der Waals surface area contributed by atoms with E-state index in [9.17, 15) is 4.79 Å². The molecule has 0 unspecified atom stereocenters. The predicted octanol–water partition coefficient (Wildman–Crippen LogP) is 3.38. The van der Waals surface area contributed by atoms with E-state index in [1.54, 1.807) is 0 Å². The second-order valence-corrected chi connectivity index (χ2v) is 4.38. The Kier molecular flexibility index (Phi) is 3.42. The molecule has 0 saturated carbocycles. The standard InChI is InChI=1S/C15H15NO3/c1-9-4-3-5-10(2)14(9)19-13-8-11(15(17)18)6-7-12(13)16/h3-8H,16H2,1-2H3,(H,17,18). The first-order valence-electron chi connectivity index (χ1n) is 5.86. The minimum atomic E-state index is -1.01. The zero-order valence-corrected chi connectivity index (χ0v) is 10.8. The van der Waals surface area contributed by atoms with Crippen molar-refractivity contribution in [1.29, 1.82) is 0 Å². The number of carbonyl (C=O) groups is 1. The maximum absolute atomic E-state index is 11.0. The van der Waals surface area contributed by atoms with Crippen molar-refractivity contribution >= 4 is 11.7 Å². The van der Waals surface area contributed by atoms with Crippen molar-refractivity contribution in [3.8, 4) is 11.5 Å². The van der Waals surface area contributed by atoms with Gasteiger partial charge in [0.15, 0.2) is 5.75 Å². The average molecular weight is 257 g/mol. The van der Waals surface area contributed by atoms with E-state index in [4.69, 9.17) is 15.6 Å². The van der Waals surface area contributed by atoms with Gasteiger partial charge in [-0.15, -0.1) is 0 Å². The molecule has 0 atom stereocenters. The van der Waals surface area contributed by atoms with Crippen LogP contribution in [0.1, 0.15) is 21.5 Å². The second kappa shape index (κ2) is 5.02. The molecule has 0 amide bonds. The highest BCUT2D eigenvalue weighted by Gasteiger charge is 2.11. The van der Waals surface area contributed by atoms with E-state index >= 15 is 0 Å². The van der Waals surface area contributed by atoms with E-state index in [0.717, 1.165) is 11.1 Å². The Hall–Kier alpha value is -2.49. The molecule has 4 nitrogen and oxygen atoms in total. The van der Waals surface area contributed by atoms with Crippen LogP contribution in [0.2, 0.25) is 0 Å². The Balaban J connectivity index is 2.43. The first kappa shape index (κ1) is 13.0. The number of aromatic carboxylic acids is 1. The molecule has 0 fully saturated rings. The lowest BCUT2D eigenvalue weighted by molar-refractivity contribution is 0.0696. The number of anilines is 1. The summed E-state index contributed by atoms with van der Waals surface area (Å²) >= 11 is 0. The SMILES string of the molecule is Cc1cccc(C)c1Oc1cc(C(=O)O)ccc1N. The molecule has 2 rings (SSSR count). The van der Waals surface area contributed by atoms with E-state index in [-0.39, 0.29) is 5.56 Å². The van der Waals surface area contributed by atoms with E-state index in [2.05, 4.69) is 0 Å². The highest BCUT2D eigenvalue weighted by Crippen LogP contribution is 2.32. The van der Waals surface area contributed by atoms with Gasteiger partial charge in [-0.2, -0.15) is 0 Å². The monoisotopic (exact) mass is 257 g/mol. The Bertz CT molecular complexity index is 615. The molecule has 0 radical (unpaired) electrons. The smallest absolute Gasteiger partial charge is 0.335 e. The molecule has 19 heavy (non-hydrogen) atoms. The second-order valence-electron chi connectivity index (χ2n) is 4.38. The van der Waals surface area contributed by atoms with Gasteiger partial charge in [-0.05, 0) is 43.2 Å². The van der Waals surface area contributed by atoms with Gasteiger partial charge in [-0.25, -0.2) is 4.79 Å². The van der Waals surface area contributed by atoms with Crippen molar-refractivity contribution < 1.29 is 14.6 Å². The minimum absolute atomic E-state index is 0.149. The third-order valence-electron chi connectivity index (χ3n) is 2.88. The normalized spacial score (nSPS) is 10.2. The van der Waals surface area contributed by atoms with Crippen molar-refractivity contribution in [3.63, 3.8) is 0 Å². The molecule has 0 aliphatic heterocycles. The number of carboxylic acid groups (broad SMARTS) is 1. The summed E-state index contributed by atoms with van der Waals surface area (Å²) in [5.74, 6) is 0.0559. The average Bonchev–Trinajstić information content (AvgIpc) is 2.35. The number of ether oxygens (including phenoxy) is 1. The molecular weight excluding hydrogens is 242 g/mol. The van der Waals surface area contributed by atoms with Gasteiger partial charge in [0, 0.05) is 0 Å². The van der Waals surface area contributed by atoms with Crippen molar-refractivity contribution in [3.05, 3.63) is 53.1 Å². The Labute approximate surface area is 111 Å². The van der Waals surface area contributed by atoms with Crippen LogP contribution >= 0.6 is 0 Å². The third-order valence-corrected chi connectivity index (χ3v) is 2.88. The first-order chi connectivity index (χ1) is 8.99. The summed E-state index contributed by atoms with van der Waals surface area (Å²) in [6.07, 6.45) is 0. The highest BCUT2D eigenvalue weighted by molar-refractivity contribution is 5.89. The summed E-state index contributed by atoms with van der Waals surface area (Å²) in [5, 5.41) is 8.98. The minimum Gasteiger partial charge on any atom is -0.478 e. The van der Waals surface area contributed by atoms with Crippen LogP contribution in [-0.4, -0.2) is 11.1 Å². The van der Waals surface area contributed by atoms with Crippen LogP contribution in [0, 0.1) is 13.8 Å². The van der Waals surface area contributed by atoms with Crippen LogP contribution in [0.5, 0.6) is 11.5 Å². The van der Waals surface area contributed by atoms with E-state index in [0.29, 0.717) is 17.2 Å². The molecule has 0 spiro atoms. The summed E-state index contributed by atoms with van der Waals surface area (Å²) in [6, 6.07) is 10.2. The maximum Gasteiger partial charge on any atom is 0.335 e. The molecule has 2 aromatic rings. The summed E-state index contributed by atoms with van der Waals surface area (Å²) in [7, 11) is 0. The fourth-order valence-electron chi connectivity index (χ4n) is 1.83. The van der Waals surface area contributed by atoms with Gasteiger partial charge in [0.1, 0.15) is 5.75 Å². The largest absolute Gasteiger partial charge is 0.478 e. The Morgan fingerprint density at radius 3 is 2.37 bits per heavy atom. The number of nitrogen functional groups attached to an aromatic ring is 1. The quantitative estimate of drug-likeness (QED) is 0.827. The number of hydrogen-bond acceptors (Lipinski definition) is 3. The molecule has 0 saturated heterocycles. The van der Waals surface area contributed by atoms with Crippen molar-refractivity contribution in [2.75, 3.05) is 5.73 Å². The number of hydrogen-bond donors (Lipinski definition) is 2. The lowest BCUT2D eigenvalue weighted by Crippen LogP contribution is -2.00. The summed E-state index contributed by atoms with van der Waals surface area (Å²) < 4.78 is 5.77. The lowest BCUT2D eigenvalue weighted by atomic mass is 10.1. The molecule has 0 bridgehead atoms. The fraction of sp³-hybridized carbons (Fsp3) is 0.133. The molecule has 4 heteroatoms. The fourth-order valence-corrected chi connectivity index (χ4v) is 1.83. The first-order valence-corrected chi connectivity index (χ1v) is 5.86. The van der Waals surface area contributed by atoms with Crippen LogP contribution < -0.4 is 10.5 Å². The lowest BCUT2D eigenvalue weighted by Gasteiger charge is -2.13. The zero-order chi connectivity index (χ0) is 14.0. The number of para-hydroxylation sites is 1. The van der Waals surface area contributed by atoms with Gasteiger partial charge in [0.2, 0.25) is 0 Å². The topological polar surface area (TPSA) is 72.5 Å². The van der Waals surface area contributed by atoms with Gasteiger partial charge in [0.25, 0.3) is 0 Å². The van der Waals surface area contributed by atoms with Crippen molar-refractivity contribution in [2.24, 2.45) is 0 Å². The molecule has 0 aliphatic carbocycles. The van der Waals surface area contributed by atoms with Gasteiger partial charge in [-0.3, -0.25) is 0 Å². The maximum atomic E-state index is 11.0. The number of benzene rings is 2. The van der Waals surface area contributed by atoms with Crippen LogP contribution in [0.4, 0.5) is 5.69 Å². The molecule has 98 valence electrons. The summed E-state index contributed by atoms with van der Waals surface area (Å²) in [6.45, 7) is 3.86. The molecule has 0 aromatic heterocycles. The van der Waals surface area contributed by atoms with Gasteiger partial charge in [-0.1, -0.05) is 18.2 Å². The third kappa shape index (κ3) is 2.68.